The van der Waals surface area contributed by atoms with Gasteiger partial charge in [-0.1, -0.05) is 19.9 Å². The van der Waals surface area contributed by atoms with E-state index < -0.39 is 0 Å². The summed E-state index contributed by atoms with van der Waals surface area (Å²) in [5, 5.41) is 10.2. The zero-order valence-corrected chi connectivity index (χ0v) is 8.97. The maximum atomic E-state index is 10.2. The molecule has 1 fully saturated rings. The van der Waals surface area contributed by atoms with E-state index in [0.29, 0.717) is 5.41 Å². The van der Waals surface area contributed by atoms with E-state index in [9.17, 15) is 5.11 Å². The van der Waals surface area contributed by atoms with Crippen molar-refractivity contribution in [3.05, 3.63) is 12.7 Å². The zero-order valence-electron chi connectivity index (χ0n) is 8.97. The van der Waals surface area contributed by atoms with Crippen molar-refractivity contribution in [3.63, 3.8) is 0 Å². The second-order valence-corrected chi connectivity index (χ2v) is 5.22. The first-order valence-electron chi connectivity index (χ1n) is 5.31. The molecule has 0 radical (unpaired) electrons. The van der Waals surface area contributed by atoms with Gasteiger partial charge in [0.05, 0.1) is 5.60 Å². The van der Waals surface area contributed by atoms with Crippen molar-refractivity contribution in [2.45, 2.75) is 58.0 Å². The van der Waals surface area contributed by atoms with Crippen LogP contribution in [0.5, 0.6) is 0 Å². The number of hydrogen-bond acceptors (Lipinski definition) is 1. The minimum Gasteiger partial charge on any atom is -0.390 e. The third kappa shape index (κ3) is 3.15. The predicted molar refractivity (Wildman–Crippen MR) is 56.6 cm³/mol. The Balaban J connectivity index is 2.41. The standard InChI is InChI=1S/C12H22O/c1-4-5-6-12(13)9-7-11(2,3)8-10-12/h4,13H,1,5-10H2,2-3H3. The minimum absolute atomic E-state index is 0.385. The highest BCUT2D eigenvalue weighted by molar-refractivity contribution is 4.90. The van der Waals surface area contributed by atoms with Crippen molar-refractivity contribution in [2.75, 3.05) is 0 Å². The van der Waals surface area contributed by atoms with Gasteiger partial charge < -0.3 is 5.11 Å². The summed E-state index contributed by atoms with van der Waals surface area (Å²) in [4.78, 5) is 0. The lowest BCUT2D eigenvalue weighted by Crippen LogP contribution is -2.36. The molecule has 0 unspecified atom stereocenters. The van der Waals surface area contributed by atoms with E-state index in [0.717, 1.165) is 38.5 Å². The molecule has 0 heterocycles. The molecule has 1 rings (SSSR count). The molecule has 0 atom stereocenters. The number of rotatable bonds is 3. The van der Waals surface area contributed by atoms with Gasteiger partial charge in [0.25, 0.3) is 0 Å². The Morgan fingerprint density at radius 3 is 2.23 bits per heavy atom. The van der Waals surface area contributed by atoms with Crippen LogP contribution < -0.4 is 0 Å². The van der Waals surface area contributed by atoms with E-state index in [1.807, 2.05) is 6.08 Å². The maximum absolute atomic E-state index is 10.2. The van der Waals surface area contributed by atoms with Crippen LogP contribution >= 0.6 is 0 Å². The molecular formula is C12H22O. The molecule has 1 saturated carbocycles. The van der Waals surface area contributed by atoms with Crippen LogP contribution in [0.25, 0.3) is 0 Å². The van der Waals surface area contributed by atoms with Crippen molar-refractivity contribution in [1.29, 1.82) is 0 Å². The summed E-state index contributed by atoms with van der Waals surface area (Å²) in [6.45, 7) is 8.28. The number of hydrogen-bond donors (Lipinski definition) is 1. The second-order valence-electron chi connectivity index (χ2n) is 5.22. The van der Waals surface area contributed by atoms with Gasteiger partial charge in [0.1, 0.15) is 0 Å². The molecule has 1 heteroatoms. The van der Waals surface area contributed by atoms with Crippen molar-refractivity contribution < 1.29 is 5.11 Å². The van der Waals surface area contributed by atoms with Crippen LogP contribution in [0.1, 0.15) is 52.4 Å². The van der Waals surface area contributed by atoms with E-state index in [2.05, 4.69) is 20.4 Å². The largest absolute Gasteiger partial charge is 0.390 e. The highest BCUT2D eigenvalue weighted by Crippen LogP contribution is 2.41. The van der Waals surface area contributed by atoms with E-state index in [4.69, 9.17) is 0 Å². The number of allylic oxidation sites excluding steroid dienone is 1. The topological polar surface area (TPSA) is 20.2 Å². The Bertz CT molecular complexity index is 172. The van der Waals surface area contributed by atoms with Crippen LogP contribution in [0.2, 0.25) is 0 Å². The molecule has 1 N–H and O–H groups in total. The lowest BCUT2D eigenvalue weighted by Gasteiger charge is -2.40. The highest BCUT2D eigenvalue weighted by Gasteiger charge is 2.35. The molecular weight excluding hydrogens is 160 g/mol. The summed E-state index contributed by atoms with van der Waals surface area (Å²) in [6.07, 6.45) is 7.98. The molecule has 0 amide bonds. The maximum Gasteiger partial charge on any atom is 0.0651 e. The monoisotopic (exact) mass is 182 g/mol. The predicted octanol–water partition coefficient (Wildman–Crippen LogP) is 3.28. The van der Waals surface area contributed by atoms with E-state index in [1.54, 1.807) is 0 Å². The molecule has 0 aromatic carbocycles. The molecule has 76 valence electrons. The molecule has 1 aliphatic rings. The quantitative estimate of drug-likeness (QED) is 0.664. The fourth-order valence-corrected chi connectivity index (χ4v) is 2.01. The average Bonchev–Trinajstić information content (AvgIpc) is 2.08. The Morgan fingerprint density at radius 2 is 1.77 bits per heavy atom. The minimum atomic E-state index is -0.385. The SMILES string of the molecule is C=CCCC1(O)CCC(C)(C)CC1. The van der Waals surface area contributed by atoms with Crippen LogP contribution in [0.4, 0.5) is 0 Å². The van der Waals surface area contributed by atoms with Crippen LogP contribution in [0, 0.1) is 5.41 Å². The van der Waals surface area contributed by atoms with E-state index in [1.165, 1.54) is 0 Å². The van der Waals surface area contributed by atoms with Crippen LogP contribution in [-0.4, -0.2) is 10.7 Å². The number of aliphatic hydroxyl groups is 1. The van der Waals surface area contributed by atoms with Crippen molar-refractivity contribution in [2.24, 2.45) is 5.41 Å². The van der Waals surface area contributed by atoms with Gasteiger partial charge in [-0.3, -0.25) is 0 Å². The third-order valence-corrected chi connectivity index (χ3v) is 3.35. The van der Waals surface area contributed by atoms with Crippen molar-refractivity contribution >= 4 is 0 Å². The first-order chi connectivity index (χ1) is 5.97. The first kappa shape index (κ1) is 10.8. The highest BCUT2D eigenvalue weighted by atomic mass is 16.3. The van der Waals surface area contributed by atoms with Gasteiger partial charge in [-0.05, 0) is 43.9 Å². The Labute approximate surface area is 81.9 Å². The fourth-order valence-electron chi connectivity index (χ4n) is 2.01. The van der Waals surface area contributed by atoms with Gasteiger partial charge in [-0.2, -0.15) is 0 Å². The van der Waals surface area contributed by atoms with Crippen LogP contribution in [0.3, 0.4) is 0 Å². The smallest absolute Gasteiger partial charge is 0.0651 e. The Kier molecular flexibility index (Phi) is 3.18. The summed E-state index contributed by atoms with van der Waals surface area (Å²) in [5.41, 5.74) is 0.0596. The molecule has 1 nitrogen and oxygen atoms in total. The Hall–Kier alpha value is -0.300. The molecule has 0 aromatic heterocycles. The van der Waals surface area contributed by atoms with Crippen LogP contribution in [-0.2, 0) is 0 Å². The Morgan fingerprint density at radius 1 is 1.23 bits per heavy atom. The molecule has 13 heavy (non-hydrogen) atoms. The first-order valence-corrected chi connectivity index (χ1v) is 5.31. The van der Waals surface area contributed by atoms with Gasteiger partial charge in [-0.15, -0.1) is 6.58 Å². The summed E-state index contributed by atoms with van der Waals surface area (Å²) < 4.78 is 0. The van der Waals surface area contributed by atoms with E-state index >= 15 is 0 Å². The second kappa shape index (κ2) is 3.83. The lowest BCUT2D eigenvalue weighted by atomic mass is 9.70. The van der Waals surface area contributed by atoms with E-state index in [-0.39, 0.29) is 5.60 Å². The molecule has 0 saturated heterocycles. The molecule has 0 bridgehead atoms. The molecule has 1 aliphatic carbocycles. The summed E-state index contributed by atoms with van der Waals surface area (Å²) in [6, 6.07) is 0. The molecule has 0 aromatic rings. The summed E-state index contributed by atoms with van der Waals surface area (Å²) >= 11 is 0. The normalized spacial score (nSPS) is 25.5. The van der Waals surface area contributed by atoms with Crippen LogP contribution in [0.15, 0.2) is 12.7 Å². The summed E-state index contributed by atoms with van der Waals surface area (Å²) in [5.74, 6) is 0. The molecule has 0 aliphatic heterocycles. The summed E-state index contributed by atoms with van der Waals surface area (Å²) in [7, 11) is 0. The average molecular weight is 182 g/mol. The van der Waals surface area contributed by atoms with Gasteiger partial charge in [-0.25, -0.2) is 0 Å². The van der Waals surface area contributed by atoms with Crippen molar-refractivity contribution in [3.8, 4) is 0 Å². The third-order valence-electron chi connectivity index (χ3n) is 3.35. The van der Waals surface area contributed by atoms with Crippen molar-refractivity contribution in [1.82, 2.24) is 0 Å². The van der Waals surface area contributed by atoms with Gasteiger partial charge >= 0.3 is 0 Å². The van der Waals surface area contributed by atoms with Gasteiger partial charge in [0.15, 0.2) is 0 Å². The lowest BCUT2D eigenvalue weighted by molar-refractivity contribution is -0.0312. The van der Waals surface area contributed by atoms with Gasteiger partial charge in [0.2, 0.25) is 0 Å². The molecule has 0 spiro atoms. The fraction of sp³-hybridized carbons (Fsp3) is 0.833. The van der Waals surface area contributed by atoms with Gasteiger partial charge in [0, 0.05) is 0 Å². The zero-order chi connectivity index (χ0) is 9.95.